The van der Waals surface area contributed by atoms with Crippen LogP contribution in [0.4, 0.5) is 5.69 Å². The number of thioether (sulfide) groups is 1. The second-order valence-corrected chi connectivity index (χ2v) is 9.70. The van der Waals surface area contributed by atoms with Crippen molar-refractivity contribution in [1.82, 2.24) is 5.32 Å². The molecule has 0 aromatic heterocycles. The van der Waals surface area contributed by atoms with Crippen molar-refractivity contribution in [2.45, 2.75) is 32.1 Å². The molecule has 1 amide bonds. The molecule has 0 spiro atoms. The third kappa shape index (κ3) is 4.96. The van der Waals surface area contributed by atoms with Crippen LogP contribution in [0.5, 0.6) is 0 Å². The monoisotopic (exact) mass is 497 g/mol. The minimum absolute atomic E-state index is 0.00113. The van der Waals surface area contributed by atoms with E-state index in [1.54, 1.807) is 18.2 Å². The first-order valence-corrected chi connectivity index (χ1v) is 12.2. The van der Waals surface area contributed by atoms with E-state index in [4.69, 9.17) is 23.2 Å². The minimum atomic E-state index is -0.618. The van der Waals surface area contributed by atoms with Crippen molar-refractivity contribution in [1.29, 1.82) is 5.26 Å². The van der Waals surface area contributed by atoms with Gasteiger partial charge in [-0.05, 0) is 49.1 Å². The maximum absolute atomic E-state index is 12.9. The molecule has 5 nitrogen and oxygen atoms in total. The van der Waals surface area contributed by atoms with Gasteiger partial charge in [-0.3, -0.25) is 9.59 Å². The molecule has 0 fully saturated rings. The van der Waals surface area contributed by atoms with Crippen LogP contribution in [-0.4, -0.2) is 17.4 Å². The van der Waals surface area contributed by atoms with Gasteiger partial charge in [0.2, 0.25) is 5.91 Å². The number of allylic oxidation sites excluding steroid dienone is 3. The van der Waals surface area contributed by atoms with Gasteiger partial charge in [0.1, 0.15) is 0 Å². The predicted octanol–water partition coefficient (Wildman–Crippen LogP) is 6.10. The number of dihydropyridines is 1. The highest BCUT2D eigenvalue weighted by Gasteiger charge is 2.38. The number of ketones is 1. The molecule has 0 saturated carbocycles. The minimum Gasteiger partial charge on any atom is -0.352 e. The lowest BCUT2D eigenvalue weighted by molar-refractivity contribution is -0.116. The number of carbonyl (C=O) groups excluding carboxylic acids is 2. The van der Waals surface area contributed by atoms with Crippen LogP contribution in [0.3, 0.4) is 0 Å². The third-order valence-electron chi connectivity index (χ3n) is 5.60. The van der Waals surface area contributed by atoms with E-state index >= 15 is 0 Å². The number of amides is 1. The Morgan fingerprint density at radius 1 is 1.24 bits per heavy atom. The maximum Gasteiger partial charge on any atom is 0.234 e. The number of anilines is 1. The van der Waals surface area contributed by atoms with E-state index in [0.29, 0.717) is 44.6 Å². The topological polar surface area (TPSA) is 82.0 Å². The van der Waals surface area contributed by atoms with Crippen LogP contribution in [0.15, 0.2) is 64.3 Å². The molecule has 2 aromatic carbocycles. The number of benzene rings is 2. The zero-order chi connectivity index (χ0) is 23.5. The quantitative estimate of drug-likeness (QED) is 0.521. The van der Waals surface area contributed by atoms with Crippen LogP contribution in [0.25, 0.3) is 0 Å². The van der Waals surface area contributed by atoms with Crippen molar-refractivity contribution in [3.05, 3.63) is 85.5 Å². The first kappa shape index (κ1) is 23.4. The summed E-state index contributed by atoms with van der Waals surface area (Å²) in [5.41, 5.74) is 4.10. The molecule has 168 valence electrons. The van der Waals surface area contributed by atoms with Gasteiger partial charge >= 0.3 is 0 Å². The van der Waals surface area contributed by atoms with Crippen molar-refractivity contribution in [2.75, 3.05) is 11.1 Å². The fourth-order valence-electron chi connectivity index (χ4n) is 4.15. The van der Waals surface area contributed by atoms with Crippen LogP contribution in [-0.2, 0) is 9.59 Å². The Kier molecular flexibility index (Phi) is 7.14. The smallest absolute Gasteiger partial charge is 0.234 e. The molecule has 1 atom stereocenters. The van der Waals surface area contributed by atoms with E-state index in [9.17, 15) is 14.9 Å². The van der Waals surface area contributed by atoms with E-state index in [1.165, 1.54) is 11.8 Å². The first-order chi connectivity index (χ1) is 15.9. The van der Waals surface area contributed by atoms with Crippen molar-refractivity contribution in [3.8, 4) is 6.07 Å². The number of carbonyl (C=O) groups is 2. The summed E-state index contributed by atoms with van der Waals surface area (Å²) in [6, 6.07) is 15.0. The predicted molar refractivity (Wildman–Crippen MR) is 133 cm³/mol. The Morgan fingerprint density at radius 3 is 2.79 bits per heavy atom. The Morgan fingerprint density at radius 2 is 2.03 bits per heavy atom. The Hall–Kier alpha value is -2.72. The van der Waals surface area contributed by atoms with Gasteiger partial charge in [-0.2, -0.15) is 5.26 Å². The molecule has 1 heterocycles. The van der Waals surface area contributed by atoms with Crippen LogP contribution >= 0.6 is 35.0 Å². The molecular weight excluding hydrogens is 477 g/mol. The molecule has 1 unspecified atom stereocenters. The summed E-state index contributed by atoms with van der Waals surface area (Å²) >= 11 is 14.0. The molecule has 4 rings (SSSR count). The number of nitrogens with one attached hydrogen (secondary N) is 2. The van der Waals surface area contributed by atoms with Crippen molar-refractivity contribution < 1.29 is 9.59 Å². The van der Waals surface area contributed by atoms with Gasteiger partial charge in [-0.15, -0.1) is 0 Å². The molecule has 2 aliphatic rings. The molecule has 2 N–H and O–H groups in total. The van der Waals surface area contributed by atoms with Crippen molar-refractivity contribution >= 4 is 52.3 Å². The van der Waals surface area contributed by atoms with Crippen LogP contribution in [0.2, 0.25) is 10.0 Å². The first-order valence-electron chi connectivity index (χ1n) is 10.5. The van der Waals surface area contributed by atoms with E-state index in [1.807, 2.05) is 31.2 Å². The molecule has 0 saturated heterocycles. The normalized spacial score (nSPS) is 17.9. The lowest BCUT2D eigenvalue weighted by Crippen LogP contribution is -2.32. The Balaban J connectivity index is 1.65. The SMILES string of the molecule is Cc1cccc(NC(=O)CSC2=C(C#N)C(c3cccc(Cl)c3Cl)C3=C(CCCC3=O)N2)c1. The van der Waals surface area contributed by atoms with Gasteiger partial charge in [-0.25, -0.2) is 0 Å². The largest absolute Gasteiger partial charge is 0.352 e. The van der Waals surface area contributed by atoms with Crippen molar-refractivity contribution in [2.24, 2.45) is 0 Å². The van der Waals surface area contributed by atoms with E-state index < -0.39 is 5.92 Å². The molecule has 33 heavy (non-hydrogen) atoms. The standard InChI is InChI=1S/C25H21Cl2N3O2S/c1-14-5-2-6-15(11-14)29-21(32)13-33-25-17(12-28)22(16-7-3-8-18(26)24(16)27)23-19(30-25)9-4-10-20(23)31/h2-3,5-8,11,22,30H,4,9-10,13H2,1H3,(H,29,32). The van der Waals surface area contributed by atoms with Gasteiger partial charge in [0, 0.05) is 23.4 Å². The number of hydrogen-bond donors (Lipinski definition) is 2. The Labute approximate surface area is 206 Å². The number of Topliss-reactive ketones (excluding diaryl/α,β-unsaturated/α-hetero) is 1. The van der Waals surface area contributed by atoms with E-state index in [2.05, 4.69) is 16.7 Å². The molecule has 1 aliphatic carbocycles. The summed E-state index contributed by atoms with van der Waals surface area (Å²) in [5.74, 6) is -0.700. The number of halogens is 2. The van der Waals surface area contributed by atoms with Gasteiger partial charge in [0.25, 0.3) is 0 Å². The highest BCUT2D eigenvalue weighted by molar-refractivity contribution is 8.03. The third-order valence-corrected chi connectivity index (χ3v) is 7.46. The average Bonchev–Trinajstić information content (AvgIpc) is 2.79. The van der Waals surface area contributed by atoms with Gasteiger partial charge in [0.05, 0.1) is 38.4 Å². The number of aryl methyl sites for hydroxylation is 1. The zero-order valence-corrected chi connectivity index (χ0v) is 20.2. The molecule has 0 bridgehead atoms. The fraction of sp³-hybridized carbons (Fsp3) is 0.240. The summed E-state index contributed by atoms with van der Waals surface area (Å²) < 4.78 is 0. The summed E-state index contributed by atoms with van der Waals surface area (Å²) in [7, 11) is 0. The summed E-state index contributed by atoms with van der Waals surface area (Å²) in [5, 5.41) is 17.5. The number of hydrogen-bond acceptors (Lipinski definition) is 5. The summed E-state index contributed by atoms with van der Waals surface area (Å²) in [4.78, 5) is 25.5. The van der Waals surface area contributed by atoms with Crippen LogP contribution < -0.4 is 10.6 Å². The highest BCUT2D eigenvalue weighted by atomic mass is 35.5. The van der Waals surface area contributed by atoms with Crippen molar-refractivity contribution in [3.63, 3.8) is 0 Å². The summed E-state index contributed by atoms with van der Waals surface area (Å²) in [6.07, 6.45) is 1.84. The Bertz CT molecular complexity index is 1250. The molecule has 0 radical (unpaired) electrons. The lowest BCUT2D eigenvalue weighted by Gasteiger charge is -2.33. The lowest BCUT2D eigenvalue weighted by atomic mass is 9.77. The molecular formula is C25H21Cl2N3O2S. The van der Waals surface area contributed by atoms with Crippen LogP contribution in [0.1, 0.15) is 36.3 Å². The highest BCUT2D eigenvalue weighted by Crippen LogP contribution is 2.46. The molecule has 1 aliphatic heterocycles. The number of nitrogens with zero attached hydrogens (tertiary/aromatic N) is 1. The summed E-state index contributed by atoms with van der Waals surface area (Å²) in [6.45, 7) is 1.96. The van der Waals surface area contributed by atoms with Gasteiger partial charge < -0.3 is 10.6 Å². The number of rotatable bonds is 5. The zero-order valence-electron chi connectivity index (χ0n) is 17.9. The van der Waals surface area contributed by atoms with E-state index in [-0.39, 0.29) is 17.4 Å². The fourth-order valence-corrected chi connectivity index (χ4v) is 5.43. The maximum atomic E-state index is 12.9. The van der Waals surface area contributed by atoms with Gasteiger partial charge in [-0.1, -0.05) is 59.2 Å². The second kappa shape index (κ2) is 10.0. The number of nitriles is 1. The molecule has 8 heteroatoms. The van der Waals surface area contributed by atoms with E-state index in [0.717, 1.165) is 23.4 Å². The molecule has 2 aromatic rings. The van der Waals surface area contributed by atoms with Crippen LogP contribution in [0, 0.1) is 18.3 Å². The average molecular weight is 498 g/mol. The van der Waals surface area contributed by atoms with Gasteiger partial charge in [0.15, 0.2) is 5.78 Å². The second-order valence-electron chi connectivity index (χ2n) is 7.93.